The van der Waals surface area contributed by atoms with Crippen molar-refractivity contribution in [2.24, 2.45) is 0 Å². The lowest BCUT2D eigenvalue weighted by Crippen LogP contribution is -2.29. The molecule has 5 nitrogen and oxygen atoms in total. The Morgan fingerprint density at radius 3 is 2.75 bits per heavy atom. The molecule has 0 aliphatic carbocycles. The van der Waals surface area contributed by atoms with E-state index >= 15 is 0 Å². The van der Waals surface area contributed by atoms with Gasteiger partial charge in [0.05, 0.1) is 0 Å². The summed E-state index contributed by atoms with van der Waals surface area (Å²) in [4.78, 5) is 12.9. The van der Waals surface area contributed by atoms with E-state index in [1.54, 1.807) is 42.1 Å². The van der Waals surface area contributed by atoms with E-state index in [1.807, 2.05) is 0 Å². The second-order valence-electron chi connectivity index (χ2n) is 5.10. The van der Waals surface area contributed by atoms with Crippen molar-refractivity contribution >= 4 is 23.5 Å². The molecule has 2 N–H and O–H groups in total. The van der Waals surface area contributed by atoms with E-state index in [0.717, 1.165) is 17.1 Å². The second-order valence-corrected chi connectivity index (χ2v) is 6.27. The lowest BCUT2D eigenvalue weighted by atomic mass is 10.3. The first-order chi connectivity index (χ1) is 11.7. The Bertz CT molecular complexity index is 709. The maximum Gasteiger partial charge on any atom is 0.319 e. The van der Waals surface area contributed by atoms with E-state index in [2.05, 4.69) is 10.6 Å². The Morgan fingerprint density at radius 2 is 1.92 bits per heavy atom. The van der Waals surface area contributed by atoms with Gasteiger partial charge in [0.15, 0.2) is 11.5 Å². The molecule has 0 saturated carbocycles. The number of carbonyl (C=O) groups excluding carboxylic acids is 1. The molecule has 0 bridgehead atoms. The standard InChI is InChI=1S/C17H17FN2O3S/c18-12-2-5-14(6-3-12)24-9-1-8-19-17(21)20-13-4-7-15-16(10-13)23-11-22-15/h2-7,10H,1,8-9,11H2,(H2,19,20,21). The van der Waals surface area contributed by atoms with Crippen LogP contribution in [0, 0.1) is 5.82 Å². The molecule has 1 aliphatic rings. The molecular formula is C17H17FN2O3S. The Morgan fingerprint density at radius 1 is 1.12 bits per heavy atom. The molecule has 126 valence electrons. The van der Waals surface area contributed by atoms with Crippen molar-refractivity contribution < 1.29 is 18.7 Å². The second kappa shape index (κ2) is 7.92. The molecule has 1 aliphatic heterocycles. The fourth-order valence-corrected chi connectivity index (χ4v) is 3.00. The van der Waals surface area contributed by atoms with E-state index in [-0.39, 0.29) is 18.6 Å². The van der Waals surface area contributed by atoms with Crippen LogP contribution in [0.3, 0.4) is 0 Å². The number of fused-ring (bicyclic) bond motifs is 1. The van der Waals surface area contributed by atoms with E-state index < -0.39 is 0 Å². The van der Waals surface area contributed by atoms with Crippen LogP contribution in [-0.2, 0) is 0 Å². The monoisotopic (exact) mass is 348 g/mol. The highest BCUT2D eigenvalue weighted by atomic mass is 32.2. The van der Waals surface area contributed by atoms with Crippen molar-refractivity contribution in [1.82, 2.24) is 5.32 Å². The van der Waals surface area contributed by atoms with E-state index in [4.69, 9.17) is 9.47 Å². The molecule has 7 heteroatoms. The highest BCUT2D eigenvalue weighted by Crippen LogP contribution is 2.34. The number of hydrogen-bond donors (Lipinski definition) is 2. The smallest absolute Gasteiger partial charge is 0.319 e. The quantitative estimate of drug-likeness (QED) is 0.615. The summed E-state index contributed by atoms with van der Waals surface area (Å²) in [7, 11) is 0. The SMILES string of the molecule is O=C(NCCCSc1ccc(F)cc1)Nc1ccc2c(c1)OCO2. The molecule has 2 aromatic carbocycles. The van der Waals surface area contributed by atoms with Crippen LogP contribution in [0.4, 0.5) is 14.9 Å². The molecule has 2 amide bonds. The number of halogens is 1. The number of benzene rings is 2. The van der Waals surface area contributed by atoms with Crippen molar-refractivity contribution in [3.63, 3.8) is 0 Å². The number of carbonyl (C=O) groups is 1. The number of ether oxygens (including phenoxy) is 2. The largest absolute Gasteiger partial charge is 0.454 e. The highest BCUT2D eigenvalue weighted by molar-refractivity contribution is 7.99. The topological polar surface area (TPSA) is 59.6 Å². The first-order valence-electron chi connectivity index (χ1n) is 7.53. The van der Waals surface area contributed by atoms with Crippen molar-refractivity contribution in [1.29, 1.82) is 0 Å². The fourth-order valence-electron chi connectivity index (χ4n) is 2.14. The molecule has 3 rings (SSSR count). The fraction of sp³-hybridized carbons (Fsp3) is 0.235. The number of thioether (sulfide) groups is 1. The van der Waals surface area contributed by atoms with Crippen molar-refractivity contribution in [3.05, 3.63) is 48.3 Å². The van der Waals surface area contributed by atoms with Gasteiger partial charge in [-0.3, -0.25) is 0 Å². The van der Waals surface area contributed by atoms with Crippen LogP contribution in [0.25, 0.3) is 0 Å². The van der Waals surface area contributed by atoms with E-state index in [1.165, 1.54) is 12.1 Å². The average molecular weight is 348 g/mol. The van der Waals surface area contributed by atoms with Crippen molar-refractivity contribution in [3.8, 4) is 11.5 Å². The minimum Gasteiger partial charge on any atom is -0.454 e. The van der Waals surface area contributed by atoms with Gasteiger partial charge in [0.1, 0.15) is 5.82 Å². The zero-order valence-corrected chi connectivity index (χ0v) is 13.7. The predicted molar refractivity (Wildman–Crippen MR) is 91.3 cm³/mol. The maximum atomic E-state index is 12.8. The summed E-state index contributed by atoms with van der Waals surface area (Å²) in [6.07, 6.45) is 0.816. The molecule has 1 heterocycles. The molecule has 0 spiro atoms. The summed E-state index contributed by atoms with van der Waals surface area (Å²) in [5.74, 6) is 1.92. The van der Waals surface area contributed by atoms with Crippen molar-refractivity contribution in [2.75, 3.05) is 24.4 Å². The number of rotatable bonds is 6. The van der Waals surface area contributed by atoms with Crippen LogP contribution in [-0.4, -0.2) is 25.1 Å². The first-order valence-corrected chi connectivity index (χ1v) is 8.52. The molecular weight excluding hydrogens is 331 g/mol. The molecule has 0 radical (unpaired) electrons. The van der Waals surface area contributed by atoms with E-state index in [9.17, 15) is 9.18 Å². The first kappa shape index (κ1) is 16.4. The van der Waals surface area contributed by atoms with Gasteiger partial charge in [0.25, 0.3) is 0 Å². The highest BCUT2D eigenvalue weighted by Gasteiger charge is 2.13. The minimum atomic E-state index is -0.263. The summed E-state index contributed by atoms with van der Waals surface area (Å²) >= 11 is 1.63. The molecule has 2 aromatic rings. The van der Waals surface area contributed by atoms with Gasteiger partial charge in [0, 0.05) is 23.2 Å². The molecule has 0 aromatic heterocycles. The van der Waals surface area contributed by atoms with Gasteiger partial charge < -0.3 is 20.1 Å². The normalized spacial score (nSPS) is 12.0. The Hall–Kier alpha value is -2.41. The van der Waals surface area contributed by atoms with Crippen LogP contribution in [0.15, 0.2) is 47.4 Å². The van der Waals surface area contributed by atoms with Gasteiger partial charge in [-0.2, -0.15) is 0 Å². The summed E-state index contributed by atoms with van der Waals surface area (Å²) in [5, 5.41) is 5.55. The Labute approximate surface area is 143 Å². The summed E-state index contributed by atoms with van der Waals surface area (Å²) in [6, 6.07) is 11.4. The van der Waals surface area contributed by atoms with Gasteiger partial charge in [0.2, 0.25) is 6.79 Å². The Kier molecular flexibility index (Phi) is 5.43. The number of urea groups is 1. The van der Waals surface area contributed by atoms with Crippen LogP contribution < -0.4 is 20.1 Å². The number of nitrogens with one attached hydrogen (secondary N) is 2. The zero-order chi connectivity index (χ0) is 16.8. The lowest BCUT2D eigenvalue weighted by molar-refractivity contribution is 0.174. The third-order valence-electron chi connectivity index (χ3n) is 3.32. The van der Waals surface area contributed by atoms with Gasteiger partial charge in [-0.1, -0.05) is 0 Å². The van der Waals surface area contributed by atoms with E-state index in [0.29, 0.717) is 23.7 Å². The number of amides is 2. The molecule has 0 fully saturated rings. The Balaban J connectivity index is 1.34. The number of anilines is 1. The molecule has 24 heavy (non-hydrogen) atoms. The average Bonchev–Trinajstić information content (AvgIpc) is 3.04. The summed E-state index contributed by atoms with van der Waals surface area (Å²) in [6.45, 7) is 0.765. The van der Waals surface area contributed by atoms with Crippen LogP contribution in [0.2, 0.25) is 0 Å². The van der Waals surface area contributed by atoms with Crippen LogP contribution in [0.5, 0.6) is 11.5 Å². The summed E-state index contributed by atoms with van der Waals surface area (Å²) in [5.41, 5.74) is 0.650. The van der Waals surface area contributed by atoms with Crippen LogP contribution >= 0.6 is 11.8 Å². The van der Waals surface area contributed by atoms with Gasteiger partial charge in [-0.15, -0.1) is 11.8 Å². The minimum absolute atomic E-state index is 0.205. The summed E-state index contributed by atoms with van der Waals surface area (Å²) < 4.78 is 23.3. The lowest BCUT2D eigenvalue weighted by Gasteiger charge is -2.08. The zero-order valence-electron chi connectivity index (χ0n) is 12.9. The van der Waals surface area contributed by atoms with Crippen molar-refractivity contribution in [2.45, 2.75) is 11.3 Å². The van der Waals surface area contributed by atoms with Gasteiger partial charge in [-0.05, 0) is 48.6 Å². The maximum absolute atomic E-state index is 12.8. The predicted octanol–water partition coefficient (Wildman–Crippen LogP) is 3.86. The third kappa shape index (κ3) is 4.55. The van der Waals surface area contributed by atoms with Crippen LogP contribution in [0.1, 0.15) is 6.42 Å². The van der Waals surface area contributed by atoms with Gasteiger partial charge >= 0.3 is 6.03 Å². The van der Waals surface area contributed by atoms with Gasteiger partial charge in [-0.25, -0.2) is 9.18 Å². The molecule has 0 saturated heterocycles. The molecule has 0 unspecified atom stereocenters. The number of hydrogen-bond acceptors (Lipinski definition) is 4. The third-order valence-corrected chi connectivity index (χ3v) is 4.42. The molecule has 0 atom stereocenters.